The molecule has 1 N–H and O–H groups in total. The third-order valence-electron chi connectivity index (χ3n) is 2.62. The summed E-state index contributed by atoms with van der Waals surface area (Å²) in [7, 11) is 0. The monoisotopic (exact) mass is 245 g/mol. The standard InChI is InChI=1S/C13H15N3O2/c1-9-4-3-5-11(8-9)16-10(2)14-12(15-16)6-7-13(17)18/h3-5,8H,6-7H2,1-2H3,(H,17,18). The van der Waals surface area contributed by atoms with E-state index >= 15 is 0 Å². The Morgan fingerprint density at radius 1 is 1.39 bits per heavy atom. The molecule has 0 saturated carbocycles. The van der Waals surface area contributed by atoms with E-state index in [1.807, 2.05) is 38.1 Å². The molecule has 0 fully saturated rings. The number of carbonyl (C=O) groups is 1. The quantitative estimate of drug-likeness (QED) is 0.893. The van der Waals surface area contributed by atoms with Crippen molar-refractivity contribution in [2.75, 3.05) is 0 Å². The minimum atomic E-state index is -0.834. The van der Waals surface area contributed by atoms with Gasteiger partial charge in [0, 0.05) is 6.42 Å². The summed E-state index contributed by atoms with van der Waals surface area (Å²) in [5.74, 6) is 0.497. The van der Waals surface area contributed by atoms with Gasteiger partial charge < -0.3 is 5.11 Å². The van der Waals surface area contributed by atoms with Crippen LogP contribution >= 0.6 is 0 Å². The van der Waals surface area contributed by atoms with E-state index in [0.717, 1.165) is 17.1 Å². The first kappa shape index (κ1) is 12.3. The molecule has 1 heterocycles. The summed E-state index contributed by atoms with van der Waals surface area (Å²) >= 11 is 0. The van der Waals surface area contributed by atoms with Crippen molar-refractivity contribution in [2.45, 2.75) is 26.7 Å². The molecule has 0 bridgehead atoms. The van der Waals surface area contributed by atoms with Crippen LogP contribution in [0.25, 0.3) is 5.69 Å². The molecular weight excluding hydrogens is 230 g/mol. The maximum Gasteiger partial charge on any atom is 0.303 e. The van der Waals surface area contributed by atoms with Crippen molar-refractivity contribution in [1.82, 2.24) is 14.8 Å². The lowest BCUT2D eigenvalue weighted by Gasteiger charge is -2.03. The summed E-state index contributed by atoms with van der Waals surface area (Å²) in [6.45, 7) is 3.88. The molecular formula is C13H15N3O2. The van der Waals surface area contributed by atoms with Gasteiger partial charge in [0.1, 0.15) is 5.82 Å². The van der Waals surface area contributed by atoms with Crippen LogP contribution in [0, 0.1) is 13.8 Å². The van der Waals surface area contributed by atoms with Crippen LogP contribution in [0.3, 0.4) is 0 Å². The molecule has 1 aromatic carbocycles. The van der Waals surface area contributed by atoms with Crippen LogP contribution in [-0.4, -0.2) is 25.8 Å². The second-order valence-electron chi connectivity index (χ2n) is 4.22. The van der Waals surface area contributed by atoms with E-state index in [1.54, 1.807) is 4.68 Å². The van der Waals surface area contributed by atoms with Gasteiger partial charge in [-0.05, 0) is 31.5 Å². The smallest absolute Gasteiger partial charge is 0.303 e. The zero-order chi connectivity index (χ0) is 13.1. The maximum absolute atomic E-state index is 10.5. The average Bonchev–Trinajstić information content (AvgIpc) is 2.68. The summed E-state index contributed by atoms with van der Waals surface area (Å²) in [5, 5.41) is 13.0. The molecule has 0 unspecified atom stereocenters. The summed E-state index contributed by atoms with van der Waals surface area (Å²) in [4.78, 5) is 14.8. The van der Waals surface area contributed by atoms with Gasteiger partial charge in [0.05, 0.1) is 12.1 Å². The molecule has 0 saturated heterocycles. The molecule has 2 rings (SSSR count). The highest BCUT2D eigenvalue weighted by atomic mass is 16.4. The molecule has 2 aromatic rings. The number of aliphatic carboxylic acids is 1. The van der Waals surface area contributed by atoms with Crippen LogP contribution in [0.5, 0.6) is 0 Å². The maximum atomic E-state index is 10.5. The predicted molar refractivity (Wildman–Crippen MR) is 66.8 cm³/mol. The zero-order valence-corrected chi connectivity index (χ0v) is 10.4. The van der Waals surface area contributed by atoms with Gasteiger partial charge >= 0.3 is 5.97 Å². The number of benzene rings is 1. The highest BCUT2D eigenvalue weighted by Gasteiger charge is 2.09. The Morgan fingerprint density at radius 2 is 2.17 bits per heavy atom. The van der Waals surface area contributed by atoms with Gasteiger partial charge in [-0.1, -0.05) is 12.1 Å². The lowest BCUT2D eigenvalue weighted by atomic mass is 10.2. The summed E-state index contributed by atoms with van der Waals surface area (Å²) in [6, 6.07) is 7.95. The Kier molecular flexibility index (Phi) is 3.41. The van der Waals surface area contributed by atoms with Crippen LogP contribution < -0.4 is 0 Å². The van der Waals surface area contributed by atoms with Gasteiger partial charge in [-0.3, -0.25) is 4.79 Å². The molecule has 0 aliphatic carbocycles. The van der Waals surface area contributed by atoms with Gasteiger partial charge in [-0.25, -0.2) is 9.67 Å². The fourth-order valence-electron chi connectivity index (χ4n) is 1.77. The van der Waals surface area contributed by atoms with E-state index in [-0.39, 0.29) is 6.42 Å². The van der Waals surface area contributed by atoms with E-state index in [2.05, 4.69) is 10.1 Å². The topological polar surface area (TPSA) is 68.0 Å². The van der Waals surface area contributed by atoms with Crippen LogP contribution in [0.15, 0.2) is 24.3 Å². The second kappa shape index (κ2) is 5.00. The number of carboxylic acids is 1. The van der Waals surface area contributed by atoms with Crippen LogP contribution in [0.1, 0.15) is 23.6 Å². The fraction of sp³-hybridized carbons (Fsp3) is 0.308. The highest BCUT2D eigenvalue weighted by Crippen LogP contribution is 2.12. The molecule has 5 heteroatoms. The minimum absolute atomic E-state index is 0.0528. The van der Waals surface area contributed by atoms with Crippen molar-refractivity contribution in [1.29, 1.82) is 0 Å². The van der Waals surface area contributed by atoms with Gasteiger partial charge in [0.25, 0.3) is 0 Å². The molecule has 0 aliphatic rings. The summed E-state index contributed by atoms with van der Waals surface area (Å²) < 4.78 is 1.74. The van der Waals surface area contributed by atoms with Crippen molar-refractivity contribution >= 4 is 5.97 Å². The van der Waals surface area contributed by atoms with Gasteiger partial charge in [0.15, 0.2) is 5.82 Å². The van der Waals surface area contributed by atoms with Gasteiger partial charge in [0.2, 0.25) is 0 Å². The first-order valence-corrected chi connectivity index (χ1v) is 5.77. The predicted octanol–water partition coefficient (Wildman–Crippen LogP) is 1.90. The first-order valence-electron chi connectivity index (χ1n) is 5.77. The molecule has 94 valence electrons. The lowest BCUT2D eigenvalue weighted by molar-refractivity contribution is -0.137. The number of hydrogen-bond acceptors (Lipinski definition) is 3. The van der Waals surface area contributed by atoms with E-state index in [9.17, 15) is 4.79 Å². The Hall–Kier alpha value is -2.17. The number of aromatic nitrogens is 3. The molecule has 0 amide bonds. The number of rotatable bonds is 4. The fourth-order valence-corrected chi connectivity index (χ4v) is 1.77. The van der Waals surface area contributed by atoms with Crippen molar-refractivity contribution in [2.24, 2.45) is 0 Å². The van der Waals surface area contributed by atoms with Crippen LogP contribution in [0.2, 0.25) is 0 Å². The van der Waals surface area contributed by atoms with Crippen molar-refractivity contribution in [3.8, 4) is 5.69 Å². The van der Waals surface area contributed by atoms with Crippen molar-refractivity contribution in [3.05, 3.63) is 41.5 Å². The Bertz CT molecular complexity index is 575. The molecule has 0 radical (unpaired) electrons. The normalized spacial score (nSPS) is 10.6. The van der Waals surface area contributed by atoms with E-state index in [0.29, 0.717) is 12.2 Å². The number of carboxylic acid groups (broad SMARTS) is 1. The Morgan fingerprint density at radius 3 is 2.83 bits per heavy atom. The van der Waals surface area contributed by atoms with Crippen molar-refractivity contribution < 1.29 is 9.90 Å². The highest BCUT2D eigenvalue weighted by molar-refractivity contribution is 5.66. The Balaban J connectivity index is 2.26. The largest absolute Gasteiger partial charge is 0.481 e. The summed E-state index contributed by atoms with van der Waals surface area (Å²) in [5.41, 5.74) is 2.09. The molecule has 0 aliphatic heterocycles. The van der Waals surface area contributed by atoms with E-state index in [4.69, 9.17) is 5.11 Å². The number of nitrogens with zero attached hydrogens (tertiary/aromatic N) is 3. The minimum Gasteiger partial charge on any atom is -0.481 e. The third-order valence-corrected chi connectivity index (χ3v) is 2.62. The van der Waals surface area contributed by atoms with Crippen molar-refractivity contribution in [3.63, 3.8) is 0 Å². The number of aryl methyl sites for hydroxylation is 3. The second-order valence-corrected chi connectivity index (χ2v) is 4.22. The SMILES string of the molecule is Cc1cccc(-n2nc(CCC(=O)O)nc2C)c1. The van der Waals surface area contributed by atoms with E-state index in [1.165, 1.54) is 0 Å². The van der Waals surface area contributed by atoms with Crippen LogP contribution in [0.4, 0.5) is 0 Å². The molecule has 18 heavy (non-hydrogen) atoms. The molecule has 5 nitrogen and oxygen atoms in total. The first-order chi connectivity index (χ1) is 8.56. The lowest BCUT2D eigenvalue weighted by Crippen LogP contribution is -2.01. The Labute approximate surface area is 105 Å². The molecule has 1 aromatic heterocycles. The third kappa shape index (κ3) is 2.74. The van der Waals surface area contributed by atoms with Crippen LogP contribution in [-0.2, 0) is 11.2 Å². The average molecular weight is 245 g/mol. The van der Waals surface area contributed by atoms with Gasteiger partial charge in [-0.2, -0.15) is 5.10 Å². The molecule has 0 atom stereocenters. The zero-order valence-electron chi connectivity index (χ0n) is 10.4. The summed E-state index contributed by atoms with van der Waals surface area (Å²) in [6.07, 6.45) is 0.409. The van der Waals surface area contributed by atoms with E-state index < -0.39 is 5.97 Å². The molecule has 0 spiro atoms. The number of hydrogen-bond donors (Lipinski definition) is 1. The van der Waals surface area contributed by atoms with Gasteiger partial charge in [-0.15, -0.1) is 0 Å².